The van der Waals surface area contributed by atoms with Gasteiger partial charge in [0.1, 0.15) is 5.75 Å². The van der Waals surface area contributed by atoms with Gasteiger partial charge in [0.25, 0.3) is 0 Å². The zero-order valence-electron chi connectivity index (χ0n) is 10.1. The second-order valence-electron chi connectivity index (χ2n) is 3.92. The van der Waals surface area contributed by atoms with Crippen LogP contribution in [-0.2, 0) is 9.53 Å². The van der Waals surface area contributed by atoms with Crippen molar-refractivity contribution in [2.24, 2.45) is 0 Å². The summed E-state index contributed by atoms with van der Waals surface area (Å²) in [6.45, 7) is 4.23. The largest absolute Gasteiger partial charge is 0.492 e. The van der Waals surface area contributed by atoms with Gasteiger partial charge in [0, 0.05) is 6.42 Å². The molecule has 1 rings (SSSR count). The van der Waals surface area contributed by atoms with Crippen LogP contribution in [0.1, 0.15) is 26.7 Å². The summed E-state index contributed by atoms with van der Waals surface area (Å²) in [5, 5.41) is 0. The van der Waals surface area contributed by atoms with Crippen LogP contribution in [0.25, 0.3) is 0 Å². The van der Waals surface area contributed by atoms with Crippen molar-refractivity contribution in [3.05, 3.63) is 27.8 Å². The van der Waals surface area contributed by atoms with Crippen LogP contribution in [0.5, 0.6) is 5.75 Å². The average Bonchev–Trinajstić information content (AvgIpc) is 2.25. The monoisotopic (exact) mass is 348 g/mol. The molecule has 17 heavy (non-hydrogen) atoms. The molecule has 94 valence electrons. The number of halogens is 1. The van der Waals surface area contributed by atoms with Gasteiger partial charge in [0.2, 0.25) is 0 Å². The lowest BCUT2D eigenvalue weighted by Crippen LogP contribution is -2.12. The molecule has 3 nitrogen and oxygen atoms in total. The number of rotatable bonds is 6. The Bertz CT molecular complexity index is 363. The normalized spacial score (nSPS) is 10.4. The molecule has 0 unspecified atom stereocenters. The summed E-state index contributed by atoms with van der Waals surface area (Å²) in [7, 11) is 0. The zero-order valence-corrected chi connectivity index (χ0v) is 12.3. The minimum absolute atomic E-state index is 0.0431. The van der Waals surface area contributed by atoms with Crippen molar-refractivity contribution in [1.29, 1.82) is 0 Å². The molecule has 0 bridgehead atoms. The first-order valence-corrected chi connectivity index (χ1v) is 6.74. The van der Waals surface area contributed by atoms with Gasteiger partial charge in [-0.25, -0.2) is 0 Å². The number of hydrogen-bond acceptors (Lipinski definition) is 3. The molecular weight excluding hydrogens is 331 g/mol. The standard InChI is InChI=1S/C13H17IO3/c1-10(2)17-13(15)8-5-9-16-12-7-4-3-6-11(12)14/h3-4,6-7,10H,5,8-9H2,1-2H3. The van der Waals surface area contributed by atoms with Crippen molar-refractivity contribution < 1.29 is 14.3 Å². The summed E-state index contributed by atoms with van der Waals surface area (Å²) < 4.78 is 11.7. The van der Waals surface area contributed by atoms with Crippen LogP contribution < -0.4 is 4.74 Å². The molecule has 1 aromatic carbocycles. The van der Waals surface area contributed by atoms with E-state index in [1.807, 2.05) is 38.1 Å². The summed E-state index contributed by atoms with van der Waals surface area (Å²) in [6.07, 6.45) is 1.04. The van der Waals surface area contributed by atoms with Gasteiger partial charge in [0.05, 0.1) is 16.3 Å². The molecular formula is C13H17IO3. The van der Waals surface area contributed by atoms with E-state index in [0.717, 1.165) is 9.32 Å². The molecule has 0 aromatic heterocycles. The molecule has 4 heteroatoms. The van der Waals surface area contributed by atoms with Crippen molar-refractivity contribution in [2.45, 2.75) is 32.8 Å². The maximum atomic E-state index is 11.3. The van der Waals surface area contributed by atoms with E-state index in [0.29, 0.717) is 19.4 Å². The SMILES string of the molecule is CC(C)OC(=O)CCCOc1ccccc1I. The Morgan fingerprint density at radius 1 is 1.35 bits per heavy atom. The van der Waals surface area contributed by atoms with E-state index in [2.05, 4.69) is 22.6 Å². The molecule has 0 N–H and O–H groups in total. The van der Waals surface area contributed by atoms with Crippen LogP contribution in [0, 0.1) is 3.57 Å². The van der Waals surface area contributed by atoms with E-state index in [9.17, 15) is 4.79 Å². The fraction of sp³-hybridized carbons (Fsp3) is 0.462. The first kappa shape index (κ1) is 14.3. The molecule has 1 aromatic rings. The molecule has 0 spiro atoms. The average molecular weight is 348 g/mol. The summed E-state index contributed by atoms with van der Waals surface area (Å²) in [4.78, 5) is 11.3. The molecule has 0 atom stereocenters. The van der Waals surface area contributed by atoms with Gasteiger partial charge in [0.15, 0.2) is 0 Å². The van der Waals surface area contributed by atoms with E-state index < -0.39 is 0 Å². The van der Waals surface area contributed by atoms with Gasteiger partial charge in [-0.1, -0.05) is 12.1 Å². The lowest BCUT2D eigenvalue weighted by Gasteiger charge is -2.09. The maximum Gasteiger partial charge on any atom is 0.306 e. The van der Waals surface area contributed by atoms with Gasteiger partial charge in [-0.3, -0.25) is 4.79 Å². The Morgan fingerprint density at radius 2 is 2.06 bits per heavy atom. The number of para-hydroxylation sites is 1. The van der Waals surface area contributed by atoms with Crippen LogP contribution >= 0.6 is 22.6 Å². The van der Waals surface area contributed by atoms with Gasteiger partial charge in [-0.05, 0) is 55.0 Å². The first-order chi connectivity index (χ1) is 8.09. The summed E-state index contributed by atoms with van der Waals surface area (Å²) in [5.74, 6) is 0.705. The minimum Gasteiger partial charge on any atom is -0.492 e. The van der Waals surface area contributed by atoms with Gasteiger partial charge < -0.3 is 9.47 Å². The van der Waals surface area contributed by atoms with Crippen LogP contribution in [0.3, 0.4) is 0 Å². The van der Waals surface area contributed by atoms with E-state index >= 15 is 0 Å². The van der Waals surface area contributed by atoms with Crippen molar-refractivity contribution >= 4 is 28.6 Å². The third kappa shape index (κ3) is 5.91. The predicted octanol–water partition coefficient (Wildman–Crippen LogP) is 3.40. The van der Waals surface area contributed by atoms with Crippen molar-refractivity contribution in [3.63, 3.8) is 0 Å². The highest BCUT2D eigenvalue weighted by atomic mass is 127. The predicted molar refractivity (Wildman–Crippen MR) is 75.1 cm³/mol. The van der Waals surface area contributed by atoms with E-state index in [4.69, 9.17) is 9.47 Å². The molecule has 0 saturated carbocycles. The first-order valence-electron chi connectivity index (χ1n) is 5.66. The Morgan fingerprint density at radius 3 is 2.71 bits per heavy atom. The molecule has 0 fully saturated rings. The second-order valence-corrected chi connectivity index (χ2v) is 5.08. The Balaban J connectivity index is 2.21. The summed E-state index contributed by atoms with van der Waals surface area (Å²) in [5.41, 5.74) is 0. The molecule has 0 aliphatic heterocycles. The third-order valence-electron chi connectivity index (χ3n) is 1.99. The number of esters is 1. The highest BCUT2D eigenvalue weighted by Gasteiger charge is 2.05. The van der Waals surface area contributed by atoms with E-state index in [1.165, 1.54) is 0 Å². The number of ether oxygens (including phenoxy) is 2. The Labute approximate surface area is 116 Å². The fourth-order valence-electron chi connectivity index (χ4n) is 1.28. The van der Waals surface area contributed by atoms with Crippen molar-refractivity contribution in [3.8, 4) is 5.75 Å². The highest BCUT2D eigenvalue weighted by molar-refractivity contribution is 14.1. The lowest BCUT2D eigenvalue weighted by atomic mass is 10.3. The zero-order chi connectivity index (χ0) is 12.7. The Hall–Kier alpha value is -0.780. The topological polar surface area (TPSA) is 35.5 Å². The minimum atomic E-state index is -0.161. The van der Waals surface area contributed by atoms with Crippen molar-refractivity contribution in [2.75, 3.05) is 6.61 Å². The number of hydrogen-bond donors (Lipinski definition) is 0. The van der Waals surface area contributed by atoms with Crippen LogP contribution in [0.15, 0.2) is 24.3 Å². The molecule has 0 aliphatic carbocycles. The molecule has 0 heterocycles. The summed E-state index contributed by atoms with van der Waals surface area (Å²) in [6, 6.07) is 7.82. The Kier molecular flexibility index (Phi) is 6.32. The van der Waals surface area contributed by atoms with Gasteiger partial charge in [-0.2, -0.15) is 0 Å². The van der Waals surface area contributed by atoms with Gasteiger partial charge in [-0.15, -0.1) is 0 Å². The summed E-state index contributed by atoms with van der Waals surface area (Å²) >= 11 is 2.22. The van der Waals surface area contributed by atoms with E-state index in [1.54, 1.807) is 0 Å². The van der Waals surface area contributed by atoms with Crippen LogP contribution in [-0.4, -0.2) is 18.7 Å². The second kappa shape index (κ2) is 7.53. The number of benzene rings is 1. The smallest absolute Gasteiger partial charge is 0.306 e. The van der Waals surface area contributed by atoms with E-state index in [-0.39, 0.29) is 12.1 Å². The third-order valence-corrected chi connectivity index (χ3v) is 2.88. The van der Waals surface area contributed by atoms with Crippen LogP contribution in [0.4, 0.5) is 0 Å². The lowest BCUT2D eigenvalue weighted by molar-refractivity contribution is -0.147. The van der Waals surface area contributed by atoms with Crippen molar-refractivity contribution in [1.82, 2.24) is 0 Å². The maximum absolute atomic E-state index is 11.3. The highest BCUT2D eigenvalue weighted by Crippen LogP contribution is 2.19. The molecule has 0 amide bonds. The molecule has 0 radical (unpaired) electrons. The molecule has 0 aliphatic rings. The van der Waals surface area contributed by atoms with Gasteiger partial charge >= 0.3 is 5.97 Å². The van der Waals surface area contributed by atoms with Crippen LogP contribution in [0.2, 0.25) is 0 Å². The molecule has 0 saturated heterocycles. The number of carbonyl (C=O) groups excluding carboxylic acids is 1. The fourth-order valence-corrected chi connectivity index (χ4v) is 1.83. The quantitative estimate of drug-likeness (QED) is 0.449. The number of carbonyl (C=O) groups is 1.